The van der Waals surface area contributed by atoms with E-state index in [2.05, 4.69) is 0 Å². The van der Waals surface area contributed by atoms with E-state index in [1.807, 2.05) is 0 Å². The number of ketones is 2. The number of carbonyl (C=O) groups excluding carboxylic acids is 3. The molecule has 1 heterocycles. The first-order valence-corrected chi connectivity index (χ1v) is 7.93. The van der Waals surface area contributed by atoms with Crippen molar-refractivity contribution in [3.05, 3.63) is 24.3 Å². The number of rotatable bonds is 4. The van der Waals surface area contributed by atoms with Crippen molar-refractivity contribution in [2.24, 2.45) is 0 Å². The zero-order chi connectivity index (χ0) is 18.1. The molecule has 0 radical (unpaired) electrons. The van der Waals surface area contributed by atoms with Gasteiger partial charge in [-0.15, -0.1) is 0 Å². The highest BCUT2D eigenvalue weighted by atomic mass is 16.6. The fourth-order valence-corrected chi connectivity index (χ4v) is 3.00. The summed E-state index contributed by atoms with van der Waals surface area (Å²) < 4.78 is 5.47. The summed E-state index contributed by atoms with van der Waals surface area (Å²) >= 11 is 0. The maximum absolute atomic E-state index is 12.9. The molecule has 1 N–H and O–H groups in total. The average Bonchev–Trinajstić information content (AvgIpc) is 2.91. The zero-order valence-corrected chi connectivity index (χ0v) is 14.5. The Balaban J connectivity index is 2.52. The van der Waals surface area contributed by atoms with Crippen LogP contribution in [0.5, 0.6) is 5.75 Å². The summed E-state index contributed by atoms with van der Waals surface area (Å²) in [5, 5.41) is 9.46. The maximum atomic E-state index is 12.9. The molecule has 0 aromatic heterocycles. The molecule has 0 aliphatic carbocycles. The number of hydrogen-bond donors (Lipinski definition) is 1. The van der Waals surface area contributed by atoms with Crippen LogP contribution in [-0.2, 0) is 19.1 Å². The van der Waals surface area contributed by atoms with Gasteiger partial charge in [0.2, 0.25) is 11.3 Å². The highest BCUT2D eigenvalue weighted by Crippen LogP contribution is 2.38. The van der Waals surface area contributed by atoms with Crippen molar-refractivity contribution in [2.45, 2.75) is 51.7 Å². The lowest BCUT2D eigenvalue weighted by atomic mass is 9.87. The van der Waals surface area contributed by atoms with Crippen LogP contribution in [0, 0.1) is 0 Å². The van der Waals surface area contributed by atoms with Gasteiger partial charge in [0, 0.05) is 19.2 Å². The number of hydrogen-bond acceptors (Lipinski definition) is 6. The maximum Gasteiger partial charge on any atom is 0.340 e. The lowest BCUT2D eigenvalue weighted by molar-refractivity contribution is -0.165. The molecule has 6 heteroatoms. The highest BCUT2D eigenvalue weighted by Gasteiger charge is 2.57. The fraction of sp³-hybridized carbons (Fsp3) is 0.500. The van der Waals surface area contributed by atoms with Gasteiger partial charge in [0.1, 0.15) is 11.4 Å². The highest BCUT2D eigenvalue weighted by molar-refractivity contribution is 6.45. The van der Waals surface area contributed by atoms with Crippen LogP contribution in [0.25, 0.3) is 0 Å². The lowest BCUT2D eigenvalue weighted by Crippen LogP contribution is -2.60. The number of ether oxygens (including phenoxy) is 1. The van der Waals surface area contributed by atoms with E-state index in [0.717, 1.165) is 0 Å². The quantitative estimate of drug-likeness (QED) is 0.517. The van der Waals surface area contributed by atoms with Crippen LogP contribution in [0.3, 0.4) is 0 Å². The summed E-state index contributed by atoms with van der Waals surface area (Å²) in [6, 6.07) is 6.19. The Bertz CT molecular complexity index is 659. The normalized spacial score (nSPS) is 20.8. The molecule has 1 aromatic rings. The summed E-state index contributed by atoms with van der Waals surface area (Å²) in [7, 11) is 0. The fourth-order valence-electron chi connectivity index (χ4n) is 3.00. The lowest BCUT2D eigenvalue weighted by Gasteiger charge is -2.37. The molecule has 1 aromatic carbocycles. The molecule has 0 amide bonds. The third-order valence-corrected chi connectivity index (χ3v) is 3.97. The topological polar surface area (TPSA) is 83.9 Å². The van der Waals surface area contributed by atoms with Gasteiger partial charge in [0.25, 0.3) is 0 Å². The standard InChI is InChI=1S/C18H23NO5/c1-12(20)15(22)18(16(23)24-17(2,3)4)10-5-11-19(18)13-6-8-14(21)9-7-13/h6-9,21H,5,10-11H2,1-4H3/t18-/m1/s1. The zero-order valence-electron chi connectivity index (χ0n) is 14.5. The third-order valence-electron chi connectivity index (χ3n) is 3.97. The molecule has 1 aliphatic rings. The SMILES string of the molecule is CC(=O)C(=O)[C@@]1(C(=O)OC(C)(C)C)CCCN1c1ccc(O)cc1. The number of phenolic OH excluding ortho intramolecular Hbond substituents is 1. The van der Waals surface area contributed by atoms with Crippen molar-refractivity contribution >= 4 is 23.2 Å². The van der Waals surface area contributed by atoms with Gasteiger partial charge >= 0.3 is 5.97 Å². The Morgan fingerprint density at radius 3 is 2.25 bits per heavy atom. The molecule has 1 saturated heterocycles. The minimum Gasteiger partial charge on any atom is -0.508 e. The Morgan fingerprint density at radius 2 is 1.75 bits per heavy atom. The molecule has 6 nitrogen and oxygen atoms in total. The van der Waals surface area contributed by atoms with E-state index in [1.54, 1.807) is 37.8 Å². The number of phenols is 1. The Kier molecular flexibility index (Phi) is 4.69. The van der Waals surface area contributed by atoms with E-state index in [0.29, 0.717) is 18.7 Å². The minimum absolute atomic E-state index is 0.0821. The van der Waals surface area contributed by atoms with Crippen molar-refractivity contribution in [3.8, 4) is 5.75 Å². The van der Waals surface area contributed by atoms with E-state index >= 15 is 0 Å². The summed E-state index contributed by atoms with van der Waals surface area (Å²) in [6.45, 7) is 6.77. The van der Waals surface area contributed by atoms with Gasteiger partial charge in [-0.25, -0.2) is 4.79 Å². The van der Waals surface area contributed by atoms with Gasteiger partial charge in [-0.3, -0.25) is 9.59 Å². The van der Waals surface area contributed by atoms with E-state index in [-0.39, 0.29) is 12.2 Å². The molecule has 24 heavy (non-hydrogen) atoms. The van der Waals surface area contributed by atoms with Crippen molar-refractivity contribution in [1.82, 2.24) is 0 Å². The molecule has 0 saturated carbocycles. The number of Topliss-reactive ketones (excluding diaryl/α,β-unsaturated/α-hetero) is 2. The van der Waals surface area contributed by atoms with Crippen LogP contribution in [0.1, 0.15) is 40.5 Å². The van der Waals surface area contributed by atoms with Crippen molar-refractivity contribution < 1.29 is 24.2 Å². The second-order valence-electron chi connectivity index (χ2n) is 7.02. The van der Waals surface area contributed by atoms with Gasteiger partial charge in [-0.05, 0) is 57.9 Å². The average molecular weight is 333 g/mol. The number of anilines is 1. The molecule has 0 unspecified atom stereocenters. The molecular weight excluding hydrogens is 310 g/mol. The predicted octanol–water partition coefficient (Wildman–Crippen LogP) is 2.23. The van der Waals surface area contributed by atoms with E-state index < -0.39 is 28.7 Å². The molecule has 1 aliphatic heterocycles. The van der Waals surface area contributed by atoms with Crippen LogP contribution in [0.15, 0.2) is 24.3 Å². The Labute approximate surface area is 141 Å². The van der Waals surface area contributed by atoms with Crippen LogP contribution in [0.4, 0.5) is 5.69 Å². The smallest absolute Gasteiger partial charge is 0.340 e. The molecule has 2 rings (SSSR count). The first-order chi connectivity index (χ1) is 11.1. The van der Waals surface area contributed by atoms with Crippen molar-refractivity contribution in [3.63, 3.8) is 0 Å². The van der Waals surface area contributed by atoms with E-state index in [4.69, 9.17) is 4.74 Å². The first-order valence-electron chi connectivity index (χ1n) is 7.93. The summed E-state index contributed by atoms with van der Waals surface area (Å²) in [5.41, 5.74) is -1.83. The van der Waals surface area contributed by atoms with Crippen molar-refractivity contribution in [2.75, 3.05) is 11.4 Å². The van der Waals surface area contributed by atoms with E-state index in [1.165, 1.54) is 19.1 Å². The predicted molar refractivity (Wildman–Crippen MR) is 89.0 cm³/mol. The molecular formula is C18H23NO5. The van der Waals surface area contributed by atoms with Crippen LogP contribution in [-0.4, -0.2) is 40.3 Å². The van der Waals surface area contributed by atoms with Gasteiger partial charge in [0.15, 0.2) is 5.78 Å². The summed E-state index contributed by atoms with van der Waals surface area (Å²) in [4.78, 5) is 39.0. The number of esters is 1. The largest absolute Gasteiger partial charge is 0.508 e. The number of benzene rings is 1. The summed E-state index contributed by atoms with van der Waals surface area (Å²) in [5.74, 6) is -2.06. The molecule has 1 atom stereocenters. The van der Waals surface area contributed by atoms with Crippen molar-refractivity contribution in [1.29, 1.82) is 0 Å². The Hall–Kier alpha value is -2.37. The Morgan fingerprint density at radius 1 is 1.17 bits per heavy atom. The van der Waals surface area contributed by atoms with Gasteiger partial charge < -0.3 is 14.7 Å². The van der Waals surface area contributed by atoms with Gasteiger partial charge in [0.05, 0.1) is 0 Å². The van der Waals surface area contributed by atoms with Gasteiger partial charge in [-0.1, -0.05) is 0 Å². The van der Waals surface area contributed by atoms with E-state index in [9.17, 15) is 19.5 Å². The molecule has 1 fully saturated rings. The minimum atomic E-state index is -1.64. The second-order valence-corrected chi connectivity index (χ2v) is 7.02. The second kappa shape index (κ2) is 6.26. The van der Waals surface area contributed by atoms with Crippen LogP contribution in [0.2, 0.25) is 0 Å². The third kappa shape index (κ3) is 3.27. The number of aromatic hydroxyl groups is 1. The summed E-state index contributed by atoms with van der Waals surface area (Å²) in [6.07, 6.45) is 0.806. The number of carbonyl (C=O) groups is 3. The monoisotopic (exact) mass is 333 g/mol. The van der Waals surface area contributed by atoms with Gasteiger partial charge in [-0.2, -0.15) is 0 Å². The first kappa shape index (κ1) is 18.0. The molecule has 0 spiro atoms. The molecule has 0 bridgehead atoms. The van der Waals surface area contributed by atoms with Crippen LogP contribution < -0.4 is 4.90 Å². The number of nitrogens with zero attached hydrogens (tertiary/aromatic N) is 1. The van der Waals surface area contributed by atoms with Crippen LogP contribution >= 0.6 is 0 Å². The molecule has 130 valence electrons.